The topological polar surface area (TPSA) is 29.3 Å². The largest absolute Gasteiger partial charge is 0.368 e. The molecule has 3 heteroatoms. The molecular formula is C17H27FN2. The van der Waals surface area contributed by atoms with Gasteiger partial charge in [-0.2, -0.15) is 0 Å². The number of hydrogen-bond acceptors (Lipinski definition) is 2. The van der Waals surface area contributed by atoms with E-state index in [1.807, 2.05) is 6.07 Å². The van der Waals surface area contributed by atoms with Crippen LogP contribution in [0.15, 0.2) is 18.2 Å². The van der Waals surface area contributed by atoms with Gasteiger partial charge in [-0.1, -0.05) is 19.9 Å². The summed E-state index contributed by atoms with van der Waals surface area (Å²) in [6.07, 6.45) is 3.93. The molecule has 0 radical (unpaired) electrons. The number of piperidine rings is 1. The number of nitrogens with two attached hydrogens (primary N) is 1. The highest BCUT2D eigenvalue weighted by Gasteiger charge is 2.26. The molecule has 2 rings (SSSR count). The molecular weight excluding hydrogens is 251 g/mol. The highest BCUT2D eigenvalue weighted by atomic mass is 19.1. The Morgan fingerprint density at radius 1 is 1.35 bits per heavy atom. The van der Waals surface area contributed by atoms with Gasteiger partial charge in [-0.05, 0) is 50.7 Å². The van der Waals surface area contributed by atoms with Crippen molar-refractivity contribution in [3.63, 3.8) is 0 Å². The zero-order valence-corrected chi connectivity index (χ0v) is 12.9. The number of hydrogen-bond donors (Lipinski definition) is 1. The summed E-state index contributed by atoms with van der Waals surface area (Å²) in [5.41, 5.74) is 7.89. The number of rotatable bonds is 4. The predicted molar refractivity (Wildman–Crippen MR) is 83.6 cm³/mol. The van der Waals surface area contributed by atoms with Crippen molar-refractivity contribution in [2.75, 3.05) is 11.4 Å². The lowest BCUT2D eigenvalue weighted by molar-refractivity contribution is 0.389. The summed E-state index contributed by atoms with van der Waals surface area (Å²) in [6, 6.07) is 5.93. The van der Waals surface area contributed by atoms with Gasteiger partial charge in [0.2, 0.25) is 0 Å². The summed E-state index contributed by atoms with van der Waals surface area (Å²) in [6.45, 7) is 7.58. The fourth-order valence-corrected chi connectivity index (χ4v) is 3.05. The Morgan fingerprint density at radius 3 is 2.80 bits per heavy atom. The van der Waals surface area contributed by atoms with Crippen LogP contribution in [0.25, 0.3) is 0 Å². The van der Waals surface area contributed by atoms with E-state index >= 15 is 0 Å². The van der Waals surface area contributed by atoms with Crippen LogP contribution in [-0.2, 0) is 6.42 Å². The molecule has 0 amide bonds. The van der Waals surface area contributed by atoms with Gasteiger partial charge in [0.05, 0.1) is 0 Å². The van der Waals surface area contributed by atoms with Crippen LogP contribution in [0.5, 0.6) is 0 Å². The van der Waals surface area contributed by atoms with Crippen LogP contribution in [0.2, 0.25) is 0 Å². The summed E-state index contributed by atoms with van der Waals surface area (Å²) >= 11 is 0. The monoisotopic (exact) mass is 278 g/mol. The SMILES string of the molecule is CCC(N)Cc1c(F)cccc1N1CC(C)CCC1C. The Kier molecular flexibility index (Phi) is 5.03. The lowest BCUT2D eigenvalue weighted by Gasteiger charge is -2.40. The molecule has 112 valence electrons. The predicted octanol–water partition coefficient (Wildman–Crippen LogP) is 3.73. The van der Waals surface area contributed by atoms with E-state index in [9.17, 15) is 4.39 Å². The van der Waals surface area contributed by atoms with Crippen LogP contribution in [0, 0.1) is 11.7 Å². The molecule has 20 heavy (non-hydrogen) atoms. The van der Waals surface area contributed by atoms with Gasteiger partial charge in [-0.3, -0.25) is 0 Å². The molecule has 1 aliphatic heterocycles. The molecule has 0 bridgehead atoms. The molecule has 1 fully saturated rings. The van der Waals surface area contributed by atoms with Gasteiger partial charge in [0.25, 0.3) is 0 Å². The molecule has 3 unspecified atom stereocenters. The smallest absolute Gasteiger partial charge is 0.128 e. The molecule has 0 saturated carbocycles. The molecule has 3 atom stereocenters. The number of nitrogens with zero attached hydrogens (tertiary/aromatic N) is 1. The second-order valence-corrected chi connectivity index (χ2v) is 6.29. The summed E-state index contributed by atoms with van der Waals surface area (Å²) < 4.78 is 14.2. The maximum absolute atomic E-state index is 14.2. The lowest BCUT2D eigenvalue weighted by atomic mass is 9.92. The molecule has 0 aliphatic carbocycles. The first-order valence-electron chi connectivity index (χ1n) is 7.82. The van der Waals surface area contributed by atoms with Crippen LogP contribution in [0.4, 0.5) is 10.1 Å². The van der Waals surface area contributed by atoms with E-state index in [2.05, 4.69) is 31.7 Å². The molecule has 1 saturated heterocycles. The van der Waals surface area contributed by atoms with Crippen molar-refractivity contribution < 1.29 is 4.39 Å². The first-order chi connectivity index (χ1) is 9.52. The van der Waals surface area contributed by atoms with Gasteiger partial charge >= 0.3 is 0 Å². The minimum atomic E-state index is -0.114. The van der Waals surface area contributed by atoms with Crippen LogP contribution >= 0.6 is 0 Å². The van der Waals surface area contributed by atoms with Gasteiger partial charge in [-0.15, -0.1) is 0 Å². The van der Waals surface area contributed by atoms with E-state index in [-0.39, 0.29) is 11.9 Å². The highest BCUT2D eigenvalue weighted by Crippen LogP contribution is 2.32. The molecule has 1 aromatic rings. The minimum Gasteiger partial charge on any atom is -0.368 e. The lowest BCUT2D eigenvalue weighted by Crippen LogP contribution is -2.42. The number of benzene rings is 1. The molecule has 1 aliphatic rings. The Bertz CT molecular complexity index is 447. The van der Waals surface area contributed by atoms with Crippen molar-refractivity contribution in [2.45, 2.75) is 58.5 Å². The van der Waals surface area contributed by atoms with Crippen molar-refractivity contribution in [1.82, 2.24) is 0 Å². The van der Waals surface area contributed by atoms with E-state index in [0.717, 1.165) is 24.2 Å². The van der Waals surface area contributed by atoms with E-state index in [1.165, 1.54) is 12.8 Å². The summed E-state index contributed by atoms with van der Waals surface area (Å²) in [5.74, 6) is 0.555. The fourth-order valence-electron chi connectivity index (χ4n) is 3.05. The van der Waals surface area contributed by atoms with Crippen LogP contribution in [0.3, 0.4) is 0 Å². The fraction of sp³-hybridized carbons (Fsp3) is 0.647. The first kappa shape index (κ1) is 15.3. The molecule has 0 spiro atoms. The van der Waals surface area contributed by atoms with E-state index in [1.54, 1.807) is 6.07 Å². The maximum Gasteiger partial charge on any atom is 0.128 e. The highest BCUT2D eigenvalue weighted by molar-refractivity contribution is 5.55. The molecule has 2 N–H and O–H groups in total. The van der Waals surface area contributed by atoms with Crippen LogP contribution in [-0.4, -0.2) is 18.6 Å². The summed E-state index contributed by atoms with van der Waals surface area (Å²) in [7, 11) is 0. The van der Waals surface area contributed by atoms with Crippen LogP contribution in [0.1, 0.15) is 45.6 Å². The average Bonchev–Trinajstić information content (AvgIpc) is 2.43. The quantitative estimate of drug-likeness (QED) is 0.909. The van der Waals surface area contributed by atoms with E-state index in [4.69, 9.17) is 5.73 Å². The van der Waals surface area contributed by atoms with Crippen molar-refractivity contribution in [3.05, 3.63) is 29.6 Å². The van der Waals surface area contributed by atoms with Crippen molar-refractivity contribution in [3.8, 4) is 0 Å². The van der Waals surface area contributed by atoms with Crippen molar-refractivity contribution in [2.24, 2.45) is 11.7 Å². The second-order valence-electron chi connectivity index (χ2n) is 6.29. The maximum atomic E-state index is 14.2. The second kappa shape index (κ2) is 6.57. The minimum absolute atomic E-state index is 0.0307. The van der Waals surface area contributed by atoms with Crippen molar-refractivity contribution >= 4 is 5.69 Å². The molecule has 0 aromatic heterocycles. The van der Waals surface area contributed by atoms with Crippen LogP contribution < -0.4 is 10.6 Å². The molecule has 2 nitrogen and oxygen atoms in total. The van der Waals surface area contributed by atoms with E-state index < -0.39 is 0 Å². The first-order valence-corrected chi connectivity index (χ1v) is 7.82. The molecule has 1 heterocycles. The van der Waals surface area contributed by atoms with Gasteiger partial charge in [-0.25, -0.2) is 4.39 Å². The molecule has 1 aromatic carbocycles. The van der Waals surface area contributed by atoms with Crippen molar-refractivity contribution in [1.29, 1.82) is 0 Å². The third-order valence-corrected chi connectivity index (χ3v) is 4.51. The Morgan fingerprint density at radius 2 is 2.10 bits per heavy atom. The van der Waals surface area contributed by atoms with Gasteiger partial charge < -0.3 is 10.6 Å². The Hall–Kier alpha value is -1.09. The zero-order chi connectivity index (χ0) is 14.7. The normalized spacial score (nSPS) is 24.8. The standard InChI is InChI=1S/C17H27FN2/c1-4-14(19)10-15-16(18)6-5-7-17(15)20-11-12(2)8-9-13(20)3/h5-7,12-14H,4,8-11,19H2,1-3H3. The summed E-state index contributed by atoms with van der Waals surface area (Å²) in [4.78, 5) is 2.37. The van der Waals surface area contributed by atoms with Gasteiger partial charge in [0.1, 0.15) is 5.82 Å². The zero-order valence-electron chi connectivity index (χ0n) is 12.9. The number of halogens is 1. The Labute approximate surface area is 122 Å². The van der Waals surface area contributed by atoms with Gasteiger partial charge in [0.15, 0.2) is 0 Å². The number of anilines is 1. The Balaban J connectivity index is 2.32. The van der Waals surface area contributed by atoms with E-state index in [0.29, 0.717) is 18.4 Å². The average molecular weight is 278 g/mol. The summed E-state index contributed by atoms with van der Waals surface area (Å²) in [5, 5.41) is 0. The van der Waals surface area contributed by atoms with Gasteiger partial charge in [0, 0.05) is 29.9 Å². The third-order valence-electron chi connectivity index (χ3n) is 4.51. The third kappa shape index (κ3) is 3.32.